The molecule has 6 heteroatoms. The van der Waals surface area contributed by atoms with Gasteiger partial charge in [-0.3, -0.25) is 14.5 Å². The predicted molar refractivity (Wildman–Crippen MR) is 136 cm³/mol. The SMILES string of the molecule is COc1cccc(C2/C(=C(\O)c3cccc(OC(C)C)c3)C(=O)C(=O)N2c2ccc(C)c(C)c2)c1. The van der Waals surface area contributed by atoms with Crippen LogP contribution < -0.4 is 14.4 Å². The summed E-state index contributed by atoms with van der Waals surface area (Å²) in [7, 11) is 1.56. The van der Waals surface area contributed by atoms with Crippen molar-refractivity contribution in [2.75, 3.05) is 12.0 Å². The van der Waals surface area contributed by atoms with Gasteiger partial charge < -0.3 is 14.6 Å². The Balaban J connectivity index is 1.93. The normalized spacial score (nSPS) is 17.2. The third-order valence-corrected chi connectivity index (χ3v) is 6.10. The molecule has 0 aliphatic carbocycles. The van der Waals surface area contributed by atoms with E-state index in [4.69, 9.17) is 9.47 Å². The van der Waals surface area contributed by atoms with E-state index >= 15 is 0 Å². The van der Waals surface area contributed by atoms with Crippen molar-refractivity contribution in [3.05, 3.63) is 94.6 Å². The van der Waals surface area contributed by atoms with Crippen LogP contribution in [0.1, 0.15) is 42.1 Å². The highest BCUT2D eigenvalue weighted by atomic mass is 16.5. The topological polar surface area (TPSA) is 76.1 Å². The molecule has 1 saturated heterocycles. The summed E-state index contributed by atoms with van der Waals surface area (Å²) in [6, 6.07) is 18.8. The number of aryl methyl sites for hydroxylation is 2. The zero-order valence-corrected chi connectivity index (χ0v) is 20.5. The van der Waals surface area contributed by atoms with Gasteiger partial charge in [0.2, 0.25) is 0 Å². The molecule has 3 aromatic rings. The minimum Gasteiger partial charge on any atom is -0.507 e. The highest BCUT2D eigenvalue weighted by Crippen LogP contribution is 2.43. The second-order valence-electron chi connectivity index (χ2n) is 8.91. The van der Waals surface area contributed by atoms with Crippen molar-refractivity contribution in [1.82, 2.24) is 0 Å². The molecule has 6 nitrogen and oxygen atoms in total. The Hall–Kier alpha value is -4.06. The molecular weight excluding hydrogens is 442 g/mol. The fraction of sp³-hybridized carbons (Fsp3) is 0.241. The molecule has 1 N–H and O–H groups in total. The minimum atomic E-state index is -0.832. The number of anilines is 1. The van der Waals surface area contributed by atoms with E-state index in [9.17, 15) is 14.7 Å². The van der Waals surface area contributed by atoms with Gasteiger partial charge >= 0.3 is 0 Å². The van der Waals surface area contributed by atoms with E-state index in [-0.39, 0.29) is 17.4 Å². The van der Waals surface area contributed by atoms with E-state index in [0.717, 1.165) is 11.1 Å². The molecule has 3 aromatic carbocycles. The first-order valence-electron chi connectivity index (χ1n) is 11.5. The molecule has 1 fully saturated rings. The van der Waals surface area contributed by atoms with Gasteiger partial charge in [-0.05, 0) is 80.8 Å². The van der Waals surface area contributed by atoms with Gasteiger partial charge in [-0.1, -0.05) is 30.3 Å². The summed E-state index contributed by atoms with van der Waals surface area (Å²) < 4.78 is 11.2. The molecule has 1 aliphatic heterocycles. The Bertz CT molecular complexity index is 1320. The maximum absolute atomic E-state index is 13.4. The summed E-state index contributed by atoms with van der Waals surface area (Å²) in [5, 5.41) is 11.4. The Morgan fingerprint density at radius 2 is 1.63 bits per heavy atom. The van der Waals surface area contributed by atoms with E-state index in [0.29, 0.717) is 28.3 Å². The molecule has 1 atom stereocenters. The van der Waals surface area contributed by atoms with Crippen LogP contribution in [0.4, 0.5) is 5.69 Å². The van der Waals surface area contributed by atoms with Gasteiger partial charge in [0.05, 0.1) is 24.8 Å². The lowest BCUT2D eigenvalue weighted by Gasteiger charge is -2.26. The lowest BCUT2D eigenvalue weighted by atomic mass is 9.94. The number of rotatable bonds is 6. The highest BCUT2D eigenvalue weighted by molar-refractivity contribution is 6.51. The second-order valence-corrected chi connectivity index (χ2v) is 8.91. The first-order valence-corrected chi connectivity index (χ1v) is 11.5. The Kier molecular flexibility index (Phi) is 6.65. The summed E-state index contributed by atoms with van der Waals surface area (Å²) in [6.07, 6.45) is -0.0560. The van der Waals surface area contributed by atoms with Crippen LogP contribution in [0.5, 0.6) is 11.5 Å². The van der Waals surface area contributed by atoms with Crippen LogP contribution in [0.25, 0.3) is 5.76 Å². The molecule has 0 aromatic heterocycles. The third-order valence-electron chi connectivity index (χ3n) is 6.10. The van der Waals surface area contributed by atoms with Crippen molar-refractivity contribution in [3.63, 3.8) is 0 Å². The van der Waals surface area contributed by atoms with Gasteiger partial charge in [0.15, 0.2) is 0 Å². The number of methoxy groups -OCH3 is 1. The van der Waals surface area contributed by atoms with Crippen LogP contribution in [0.15, 0.2) is 72.3 Å². The molecule has 4 rings (SSSR count). The van der Waals surface area contributed by atoms with Crippen molar-refractivity contribution in [2.24, 2.45) is 0 Å². The Morgan fingerprint density at radius 1 is 0.914 bits per heavy atom. The van der Waals surface area contributed by atoms with Crippen molar-refractivity contribution >= 4 is 23.1 Å². The second kappa shape index (κ2) is 9.66. The number of amides is 1. The van der Waals surface area contributed by atoms with Gasteiger partial charge in [0.1, 0.15) is 17.3 Å². The van der Waals surface area contributed by atoms with Crippen LogP contribution in [0, 0.1) is 13.8 Å². The number of hydrogen-bond acceptors (Lipinski definition) is 5. The first-order chi connectivity index (χ1) is 16.7. The third kappa shape index (κ3) is 4.64. The number of carbonyl (C=O) groups is 2. The van der Waals surface area contributed by atoms with Crippen LogP contribution in [-0.2, 0) is 9.59 Å². The molecule has 1 aliphatic rings. The summed E-state index contributed by atoms with van der Waals surface area (Å²) in [6.45, 7) is 7.75. The molecule has 1 heterocycles. The van der Waals surface area contributed by atoms with E-state index in [1.165, 1.54) is 4.90 Å². The van der Waals surface area contributed by atoms with Gasteiger partial charge in [-0.15, -0.1) is 0 Å². The van der Waals surface area contributed by atoms with Crippen LogP contribution in [0.3, 0.4) is 0 Å². The Morgan fingerprint density at radius 3 is 2.31 bits per heavy atom. The largest absolute Gasteiger partial charge is 0.507 e. The van der Waals surface area contributed by atoms with E-state index in [1.54, 1.807) is 49.6 Å². The average Bonchev–Trinajstić information content (AvgIpc) is 3.10. The molecule has 180 valence electrons. The van der Waals surface area contributed by atoms with Crippen molar-refractivity contribution in [3.8, 4) is 11.5 Å². The van der Waals surface area contributed by atoms with Crippen LogP contribution >= 0.6 is 0 Å². The predicted octanol–water partition coefficient (Wildman–Crippen LogP) is 5.73. The molecule has 0 radical (unpaired) electrons. The highest BCUT2D eigenvalue weighted by Gasteiger charge is 2.47. The van der Waals surface area contributed by atoms with Gasteiger partial charge in [-0.2, -0.15) is 0 Å². The quantitative estimate of drug-likeness (QED) is 0.282. The van der Waals surface area contributed by atoms with Crippen LogP contribution in [-0.4, -0.2) is 30.0 Å². The standard InChI is InChI=1S/C29H29NO5/c1-17(2)35-24-11-7-9-21(16-24)27(31)25-26(20-8-6-10-23(15-20)34-5)30(29(33)28(25)32)22-13-12-18(3)19(4)14-22/h6-17,26,31H,1-5H3/b27-25+. The fourth-order valence-corrected chi connectivity index (χ4v) is 4.25. The maximum atomic E-state index is 13.4. The molecule has 35 heavy (non-hydrogen) atoms. The minimum absolute atomic E-state index is 0.0168. The number of carbonyl (C=O) groups excluding carboxylic acids is 2. The van der Waals surface area contributed by atoms with Gasteiger partial charge in [-0.25, -0.2) is 0 Å². The molecular formula is C29H29NO5. The number of Topliss-reactive ketones (excluding diaryl/α,β-unsaturated/α-hetero) is 1. The van der Waals surface area contributed by atoms with E-state index in [2.05, 4.69) is 0 Å². The van der Waals surface area contributed by atoms with Gasteiger partial charge in [0, 0.05) is 11.3 Å². The maximum Gasteiger partial charge on any atom is 0.300 e. The van der Waals surface area contributed by atoms with Crippen molar-refractivity contribution < 1.29 is 24.2 Å². The smallest absolute Gasteiger partial charge is 0.300 e. The zero-order valence-electron chi connectivity index (χ0n) is 20.5. The summed E-state index contributed by atoms with van der Waals surface area (Å²) in [5.74, 6) is -0.552. The number of hydrogen-bond donors (Lipinski definition) is 1. The number of aliphatic hydroxyl groups excluding tert-OH is 1. The average molecular weight is 472 g/mol. The molecule has 0 spiro atoms. The van der Waals surface area contributed by atoms with Crippen molar-refractivity contribution in [2.45, 2.75) is 39.8 Å². The molecule has 1 amide bonds. The Labute approximate surface area is 205 Å². The summed E-state index contributed by atoms with van der Waals surface area (Å²) in [4.78, 5) is 28.2. The van der Waals surface area contributed by atoms with E-state index in [1.807, 2.05) is 52.0 Å². The summed E-state index contributed by atoms with van der Waals surface area (Å²) >= 11 is 0. The van der Waals surface area contributed by atoms with Crippen LogP contribution in [0.2, 0.25) is 0 Å². The number of benzene rings is 3. The lowest BCUT2D eigenvalue weighted by molar-refractivity contribution is -0.132. The fourth-order valence-electron chi connectivity index (χ4n) is 4.25. The monoisotopic (exact) mass is 471 g/mol. The zero-order chi connectivity index (χ0) is 25.3. The number of ketones is 1. The first kappa shape index (κ1) is 24.1. The summed E-state index contributed by atoms with van der Waals surface area (Å²) in [5.41, 5.74) is 3.71. The molecule has 0 saturated carbocycles. The number of aliphatic hydroxyl groups is 1. The number of nitrogens with zero attached hydrogens (tertiary/aromatic N) is 1. The molecule has 0 bridgehead atoms. The van der Waals surface area contributed by atoms with Crippen molar-refractivity contribution in [1.29, 1.82) is 0 Å². The number of ether oxygens (including phenoxy) is 2. The van der Waals surface area contributed by atoms with Gasteiger partial charge in [0.25, 0.3) is 11.7 Å². The molecule has 1 unspecified atom stereocenters. The lowest BCUT2D eigenvalue weighted by Crippen LogP contribution is -2.29. The van der Waals surface area contributed by atoms with E-state index < -0.39 is 17.7 Å².